The minimum atomic E-state index is -4.33. The van der Waals surface area contributed by atoms with Crippen molar-refractivity contribution in [1.29, 1.82) is 0 Å². The molecule has 308 valence electrons. The number of hydrogen-bond donors (Lipinski definition) is 3. The monoisotopic (exact) mass is 835 g/mol. The van der Waals surface area contributed by atoms with Gasteiger partial charge in [0.15, 0.2) is 34.7 Å². The normalized spacial score (nSPS) is 26.4. The predicted octanol–water partition coefficient (Wildman–Crippen LogP) is 1.87. The van der Waals surface area contributed by atoms with E-state index in [1.165, 1.54) is 19.3 Å². The van der Waals surface area contributed by atoms with E-state index in [0.29, 0.717) is 0 Å². The summed E-state index contributed by atoms with van der Waals surface area (Å²) in [6.45, 7) is 20.7. The lowest BCUT2D eigenvalue weighted by Gasteiger charge is -2.43. The van der Waals surface area contributed by atoms with Gasteiger partial charge in [0.1, 0.15) is 23.9 Å². The topological polar surface area (TPSA) is 225 Å². The van der Waals surface area contributed by atoms with Crippen molar-refractivity contribution in [3.8, 4) is 11.8 Å². The number of aromatic nitrogens is 4. The van der Waals surface area contributed by atoms with Crippen LogP contribution in [0.15, 0.2) is 54.8 Å². The quantitative estimate of drug-likeness (QED) is 0.142. The fourth-order valence-electron chi connectivity index (χ4n) is 6.02. The lowest BCUT2D eigenvalue weighted by molar-refractivity contribution is -0.0567. The van der Waals surface area contributed by atoms with Crippen LogP contribution in [0.1, 0.15) is 65.1 Å². The fourth-order valence-corrected chi connectivity index (χ4v) is 9.53. The Kier molecular flexibility index (Phi) is 11.6. The number of aryl methyl sites for hydroxylation is 1. The molecule has 6 atom stereocenters. The highest BCUT2D eigenvalue weighted by Crippen LogP contribution is 2.52. The van der Waals surface area contributed by atoms with E-state index >= 15 is 0 Å². The molecule has 0 unspecified atom stereocenters. The van der Waals surface area contributed by atoms with E-state index in [-0.39, 0.29) is 35.1 Å². The van der Waals surface area contributed by atoms with Gasteiger partial charge in [-0.1, -0.05) is 59.5 Å². The first-order chi connectivity index (χ1) is 25.7. The summed E-state index contributed by atoms with van der Waals surface area (Å²) < 4.78 is 61.0. The minimum absolute atomic E-state index is 0.120. The molecule has 20 heteroatoms. The zero-order valence-corrected chi connectivity index (χ0v) is 36.5. The summed E-state index contributed by atoms with van der Waals surface area (Å²) in [4.78, 5) is 55.3. The second-order valence-corrected chi connectivity index (χ2v) is 28.3. The summed E-state index contributed by atoms with van der Waals surface area (Å²) >= 11 is 0. The molecule has 56 heavy (non-hydrogen) atoms. The molecule has 1 saturated heterocycles. The van der Waals surface area contributed by atoms with Gasteiger partial charge in [-0.3, -0.25) is 23.7 Å². The zero-order valence-electron chi connectivity index (χ0n) is 33.7. The van der Waals surface area contributed by atoms with Crippen LogP contribution in [0, 0.1) is 18.8 Å². The summed E-state index contributed by atoms with van der Waals surface area (Å²) in [6, 6.07) is 0. The SMILES string of the molecule is Cc1cn([C@@H]2O[C@H](CO[Si](C)(C)C(C)(C)C)[C@@]3(OS(=O)(=O)C=C3N)[C@H]2O[Si](C)(C)C(C)(C)C)c(=O)n(CC#Cc2cn([C@@H]3C=C[C@H](CO)O3)c(=O)[nH]c2=O)c1=O. The molecule has 4 N–H and O–H groups in total. The van der Waals surface area contributed by atoms with Crippen LogP contribution in [0.4, 0.5) is 0 Å². The van der Waals surface area contributed by atoms with Crippen LogP contribution < -0.4 is 28.2 Å². The molecule has 0 radical (unpaired) electrons. The summed E-state index contributed by atoms with van der Waals surface area (Å²) in [7, 11) is -9.64. The molecule has 0 saturated carbocycles. The Morgan fingerprint density at radius 1 is 0.982 bits per heavy atom. The van der Waals surface area contributed by atoms with Gasteiger partial charge < -0.3 is 29.2 Å². The standard InChI is InChI=1S/C36H53N5O12SSi2/c1-22-17-41(33(46)39(30(22)44)16-12-13-23-18-40(32(45)38-29(23)43)27-15-14-24(19-42)50-27)31-28(52-56(10,11)35(5,6)7)36(25(37)21-54(47,48)53-36)26(51-31)20-49-55(8,9)34(2,3)4/h14-15,17-18,21,24,26-28,31,42H,16,19-20,37H2,1-11H3,(H,38,43,45)/t24-,26-,27+,28+,31-,36-/m1/s1. The maximum atomic E-state index is 14.4. The number of nitrogens with zero attached hydrogens (tertiary/aromatic N) is 3. The summed E-state index contributed by atoms with van der Waals surface area (Å²) in [5.41, 5.74) is 1.34. The molecule has 2 aromatic rings. The Labute approximate surface area is 327 Å². The van der Waals surface area contributed by atoms with E-state index in [1.54, 1.807) is 12.2 Å². The Balaban J connectivity index is 1.61. The second kappa shape index (κ2) is 14.9. The van der Waals surface area contributed by atoms with E-state index in [0.717, 1.165) is 19.1 Å². The molecule has 0 amide bonds. The number of nitrogens with one attached hydrogen (secondary N) is 1. The van der Waals surface area contributed by atoms with Crippen molar-refractivity contribution in [1.82, 2.24) is 18.7 Å². The average molecular weight is 836 g/mol. The zero-order chi connectivity index (χ0) is 42.0. The molecule has 0 bridgehead atoms. The second-order valence-electron chi connectivity index (χ2n) is 17.4. The van der Waals surface area contributed by atoms with Gasteiger partial charge in [-0.2, -0.15) is 8.42 Å². The minimum Gasteiger partial charge on any atom is -0.414 e. The van der Waals surface area contributed by atoms with Crippen molar-refractivity contribution in [2.45, 2.75) is 128 Å². The Hall–Kier alpha value is -3.66. The van der Waals surface area contributed by atoms with Crippen molar-refractivity contribution in [3.63, 3.8) is 0 Å². The summed E-state index contributed by atoms with van der Waals surface area (Å²) in [6.07, 6.45) is 0.235. The molecule has 5 rings (SSSR count). The number of nitrogens with two attached hydrogens (primary N) is 1. The van der Waals surface area contributed by atoms with E-state index < -0.39 is 97.2 Å². The van der Waals surface area contributed by atoms with Crippen LogP contribution in [0.25, 0.3) is 0 Å². The number of aromatic amines is 1. The third-order valence-corrected chi connectivity index (χ3v) is 21.4. The van der Waals surface area contributed by atoms with Crippen LogP contribution in [-0.2, 0) is 39.2 Å². The van der Waals surface area contributed by atoms with Gasteiger partial charge in [-0.05, 0) is 49.3 Å². The van der Waals surface area contributed by atoms with E-state index in [4.69, 9.17) is 28.2 Å². The van der Waals surface area contributed by atoms with Gasteiger partial charge in [0.25, 0.3) is 21.2 Å². The molecule has 1 spiro atoms. The Bertz CT molecular complexity index is 2360. The highest BCUT2D eigenvalue weighted by molar-refractivity contribution is 7.90. The first kappa shape index (κ1) is 43.5. The van der Waals surface area contributed by atoms with Gasteiger partial charge in [-0.25, -0.2) is 18.3 Å². The van der Waals surface area contributed by atoms with Crippen LogP contribution in [0.2, 0.25) is 36.3 Å². The van der Waals surface area contributed by atoms with Gasteiger partial charge in [0.05, 0.1) is 30.9 Å². The molecular weight excluding hydrogens is 783 g/mol. The van der Waals surface area contributed by atoms with Crippen molar-refractivity contribution in [2.75, 3.05) is 13.2 Å². The highest BCUT2D eigenvalue weighted by atomic mass is 32.2. The average Bonchev–Trinajstić information content (AvgIpc) is 3.73. The van der Waals surface area contributed by atoms with E-state index in [1.807, 2.05) is 47.0 Å². The molecule has 0 aliphatic carbocycles. The Morgan fingerprint density at radius 2 is 1.62 bits per heavy atom. The third kappa shape index (κ3) is 8.06. The molecule has 1 fully saturated rings. The largest absolute Gasteiger partial charge is 0.414 e. The molecule has 3 aliphatic rings. The van der Waals surface area contributed by atoms with E-state index in [9.17, 15) is 32.7 Å². The molecule has 2 aromatic heterocycles. The number of ether oxygens (including phenoxy) is 2. The van der Waals surface area contributed by atoms with Crippen LogP contribution in [0.5, 0.6) is 0 Å². The third-order valence-electron chi connectivity index (χ3n) is 11.4. The molecule has 5 heterocycles. The van der Waals surface area contributed by atoms with Gasteiger partial charge in [-0.15, -0.1) is 0 Å². The lowest BCUT2D eigenvalue weighted by atomic mass is 9.89. The first-order valence-electron chi connectivity index (χ1n) is 18.2. The number of H-pyrrole nitrogens is 1. The van der Waals surface area contributed by atoms with Crippen LogP contribution >= 0.6 is 0 Å². The van der Waals surface area contributed by atoms with Gasteiger partial charge in [0, 0.05) is 18.0 Å². The van der Waals surface area contributed by atoms with Crippen molar-refractivity contribution in [3.05, 3.63) is 88.5 Å². The van der Waals surface area contributed by atoms with Crippen LogP contribution in [-0.4, -0.2) is 86.0 Å². The maximum absolute atomic E-state index is 14.4. The molecule has 0 aromatic carbocycles. The fraction of sp³-hybridized carbons (Fsp3) is 0.611. The molecular formula is C36H53N5O12SSi2. The number of aliphatic hydroxyl groups is 1. The smallest absolute Gasteiger partial charge is 0.334 e. The lowest BCUT2D eigenvalue weighted by Crippen LogP contribution is -2.59. The Morgan fingerprint density at radius 3 is 2.18 bits per heavy atom. The first-order valence-corrected chi connectivity index (χ1v) is 25.5. The van der Waals surface area contributed by atoms with Gasteiger partial charge >= 0.3 is 11.4 Å². The van der Waals surface area contributed by atoms with Gasteiger partial charge in [0.2, 0.25) is 0 Å². The summed E-state index contributed by atoms with van der Waals surface area (Å²) in [5.74, 6) is 5.33. The number of rotatable bonds is 9. The van der Waals surface area contributed by atoms with Crippen molar-refractivity contribution < 1.29 is 36.0 Å². The highest BCUT2D eigenvalue weighted by Gasteiger charge is 2.67. The van der Waals surface area contributed by atoms with Crippen molar-refractivity contribution >= 4 is 26.8 Å². The number of aliphatic hydroxyl groups excluding tert-OH is 1. The summed E-state index contributed by atoms with van der Waals surface area (Å²) in [5, 5.41) is 9.60. The maximum Gasteiger partial charge on any atom is 0.334 e. The van der Waals surface area contributed by atoms with Crippen molar-refractivity contribution in [2.24, 2.45) is 5.73 Å². The predicted molar refractivity (Wildman–Crippen MR) is 212 cm³/mol. The van der Waals surface area contributed by atoms with E-state index in [2.05, 4.69) is 37.6 Å². The molecule has 3 aliphatic heterocycles. The number of hydrogen-bond acceptors (Lipinski definition) is 13. The van der Waals surface area contributed by atoms with Crippen LogP contribution in [0.3, 0.4) is 0 Å². The molecule has 17 nitrogen and oxygen atoms in total.